The molecule has 12 heteroatoms. The van der Waals surface area contributed by atoms with Gasteiger partial charge in [0, 0.05) is 30.3 Å². The van der Waals surface area contributed by atoms with Crippen LogP contribution in [-0.2, 0) is 14.6 Å². The molecule has 0 spiro atoms. The molecule has 0 fully saturated rings. The van der Waals surface area contributed by atoms with Crippen LogP contribution in [0, 0.1) is 18.3 Å². The van der Waals surface area contributed by atoms with Crippen LogP contribution in [0.1, 0.15) is 65.4 Å². The molecular formula is C32H43N7O4Si. The Balaban J connectivity index is 1.80. The van der Waals surface area contributed by atoms with Gasteiger partial charge in [-0.05, 0) is 69.6 Å². The fourth-order valence-electron chi connectivity index (χ4n) is 4.67. The zero-order chi connectivity index (χ0) is 32.7. The lowest BCUT2D eigenvalue weighted by Gasteiger charge is -2.39. The molecule has 234 valence electrons. The lowest BCUT2D eigenvalue weighted by atomic mass is 9.83. The number of hydrogen-bond donors (Lipinski definition) is 1. The summed E-state index contributed by atoms with van der Waals surface area (Å²) in [5.74, 6) is 1.26. The van der Waals surface area contributed by atoms with E-state index in [9.17, 15) is 10.1 Å². The highest BCUT2D eigenvalue weighted by molar-refractivity contribution is 6.74. The summed E-state index contributed by atoms with van der Waals surface area (Å²) in [4.78, 5) is 32.7. The van der Waals surface area contributed by atoms with E-state index in [4.69, 9.17) is 18.9 Å². The summed E-state index contributed by atoms with van der Waals surface area (Å²) in [7, 11) is -0.600. The Labute approximate surface area is 261 Å². The Morgan fingerprint density at radius 2 is 1.86 bits per heavy atom. The fourth-order valence-corrected chi connectivity index (χ4v) is 5.79. The highest BCUT2D eigenvalue weighted by Gasteiger charge is 2.47. The number of hydrogen-bond acceptors (Lipinski definition) is 10. The smallest absolute Gasteiger partial charge is 0.414 e. The van der Waals surface area contributed by atoms with Gasteiger partial charge in [-0.1, -0.05) is 27.7 Å². The van der Waals surface area contributed by atoms with E-state index in [1.807, 2.05) is 26.8 Å². The van der Waals surface area contributed by atoms with Crippen LogP contribution in [0.4, 0.5) is 22.1 Å². The third-order valence-electron chi connectivity index (χ3n) is 8.09. The maximum absolute atomic E-state index is 13.5. The molecule has 1 aromatic carbocycles. The fraction of sp³-hybridized carbons (Fsp3) is 0.500. The van der Waals surface area contributed by atoms with Gasteiger partial charge in [-0.3, -0.25) is 4.90 Å². The summed E-state index contributed by atoms with van der Waals surface area (Å²) in [5, 5.41) is 13.5. The lowest BCUT2D eigenvalue weighted by Crippen LogP contribution is -2.46. The Kier molecular flexibility index (Phi) is 8.79. The highest BCUT2D eigenvalue weighted by atomic mass is 28.4. The second-order valence-electron chi connectivity index (χ2n) is 13.9. The van der Waals surface area contributed by atoms with Crippen molar-refractivity contribution in [3.63, 3.8) is 0 Å². The van der Waals surface area contributed by atoms with E-state index in [1.54, 1.807) is 36.4 Å². The lowest BCUT2D eigenvalue weighted by molar-refractivity contribution is 0.0575. The van der Waals surface area contributed by atoms with Crippen molar-refractivity contribution in [2.45, 2.75) is 84.5 Å². The van der Waals surface area contributed by atoms with Crippen molar-refractivity contribution in [3.05, 3.63) is 47.5 Å². The molecule has 44 heavy (non-hydrogen) atoms. The number of anilines is 3. The molecule has 1 atom stereocenters. The zero-order valence-corrected chi connectivity index (χ0v) is 28.6. The normalized spacial score (nSPS) is 16.7. The van der Waals surface area contributed by atoms with Crippen molar-refractivity contribution < 1.29 is 18.7 Å². The quantitative estimate of drug-likeness (QED) is 0.279. The third-order valence-corrected chi connectivity index (χ3v) is 12.6. The number of fused-ring (bicyclic) bond motifs is 1. The van der Waals surface area contributed by atoms with Crippen molar-refractivity contribution >= 4 is 31.7 Å². The van der Waals surface area contributed by atoms with Crippen LogP contribution in [0.2, 0.25) is 18.1 Å². The topological polar surface area (TPSA) is 135 Å². The maximum atomic E-state index is 13.5. The van der Waals surface area contributed by atoms with Gasteiger partial charge in [-0.2, -0.15) is 10.2 Å². The number of aryl methyl sites for hydroxylation is 1. The number of carbonyl (C=O) groups excluding carboxylic acids is 1. The Morgan fingerprint density at radius 3 is 2.48 bits per heavy atom. The van der Waals surface area contributed by atoms with Gasteiger partial charge in [-0.25, -0.2) is 19.7 Å². The van der Waals surface area contributed by atoms with Crippen LogP contribution < -0.4 is 15.0 Å². The average molecular weight is 618 g/mol. The molecule has 11 nitrogen and oxygen atoms in total. The molecule has 0 aliphatic carbocycles. The first kappa shape index (κ1) is 32.8. The van der Waals surface area contributed by atoms with E-state index in [2.05, 4.69) is 67.1 Å². The summed E-state index contributed by atoms with van der Waals surface area (Å²) >= 11 is 0. The molecule has 0 radical (unpaired) electrons. The van der Waals surface area contributed by atoms with Crippen molar-refractivity contribution in [1.82, 2.24) is 19.9 Å². The molecular weight excluding hydrogens is 574 g/mol. The minimum Gasteiger partial charge on any atom is -0.479 e. The van der Waals surface area contributed by atoms with Crippen molar-refractivity contribution in [2.24, 2.45) is 0 Å². The number of benzene rings is 1. The Morgan fingerprint density at radius 1 is 1.16 bits per heavy atom. The molecule has 0 saturated heterocycles. The molecule has 1 N–H and O–H groups in total. The van der Waals surface area contributed by atoms with E-state index >= 15 is 0 Å². The standard InChI is InChI=1S/C32H43N7O4Si/c1-20-35-17-25(27(36-20)41-9)38-28-34-13-12-24(37-28)21-14-22(16-33)26-23(15-21)32(8,19-42-44(10,11)31(5,6)7)18-39(26)29(40)43-30(2,3)4/h12-15,17H,18-19H2,1-11H3,(H,34,37,38)/t32-/m1/s1. The predicted molar refractivity (Wildman–Crippen MR) is 173 cm³/mol. The largest absolute Gasteiger partial charge is 0.479 e. The Hall–Kier alpha value is -4.08. The van der Waals surface area contributed by atoms with Crippen LogP contribution >= 0.6 is 0 Å². The first-order valence-corrected chi connectivity index (χ1v) is 17.5. The van der Waals surface area contributed by atoms with E-state index in [0.717, 1.165) is 5.56 Å². The van der Waals surface area contributed by atoms with E-state index < -0.39 is 25.4 Å². The number of ether oxygens (including phenoxy) is 2. The van der Waals surface area contributed by atoms with Gasteiger partial charge in [0.2, 0.25) is 11.8 Å². The minimum atomic E-state index is -2.13. The molecule has 2 aromatic heterocycles. The first-order valence-electron chi connectivity index (χ1n) is 14.6. The van der Waals surface area contributed by atoms with Crippen molar-refractivity contribution in [2.75, 3.05) is 30.5 Å². The number of nitrogens with one attached hydrogen (secondary N) is 1. The van der Waals surface area contributed by atoms with E-state index in [1.165, 1.54) is 7.11 Å². The SMILES string of the molecule is COc1nc(C)ncc1Nc1nccc(-c2cc(C#N)c3c(c2)[C@@](C)(CO[Si](C)(C)C(C)(C)C)CN3C(=O)OC(C)(C)C)n1. The van der Waals surface area contributed by atoms with Gasteiger partial charge in [0.1, 0.15) is 23.2 Å². The molecule has 1 aliphatic rings. The summed E-state index contributed by atoms with van der Waals surface area (Å²) in [6.45, 7) is 21.0. The number of carbonyl (C=O) groups is 1. The third kappa shape index (κ3) is 6.84. The summed E-state index contributed by atoms with van der Waals surface area (Å²) < 4.78 is 17.9. The molecule has 0 unspecified atom stereocenters. The van der Waals surface area contributed by atoms with Gasteiger partial charge in [-0.15, -0.1) is 0 Å². The van der Waals surface area contributed by atoms with Crippen LogP contribution in [-0.4, -0.2) is 60.2 Å². The molecule has 0 saturated carbocycles. The highest BCUT2D eigenvalue weighted by Crippen LogP contribution is 2.47. The van der Waals surface area contributed by atoms with Gasteiger partial charge in [0.25, 0.3) is 0 Å². The molecule has 0 bridgehead atoms. The van der Waals surface area contributed by atoms with Crippen molar-refractivity contribution in [1.29, 1.82) is 5.26 Å². The van der Waals surface area contributed by atoms with Gasteiger partial charge < -0.3 is 19.2 Å². The van der Waals surface area contributed by atoms with Crippen LogP contribution in [0.5, 0.6) is 5.88 Å². The molecule has 1 aliphatic heterocycles. The number of aromatic nitrogens is 4. The van der Waals surface area contributed by atoms with Gasteiger partial charge >= 0.3 is 6.09 Å². The first-order chi connectivity index (χ1) is 20.4. The van der Waals surface area contributed by atoms with Gasteiger partial charge in [0.15, 0.2) is 8.32 Å². The molecule has 3 aromatic rings. The number of nitrogens with zero attached hydrogens (tertiary/aromatic N) is 6. The van der Waals surface area contributed by atoms with Crippen LogP contribution in [0.15, 0.2) is 30.6 Å². The number of methoxy groups -OCH3 is 1. The number of nitriles is 1. The van der Waals surface area contributed by atoms with Crippen LogP contribution in [0.3, 0.4) is 0 Å². The summed E-state index contributed by atoms with van der Waals surface area (Å²) in [6.07, 6.45) is 2.75. The maximum Gasteiger partial charge on any atom is 0.414 e. The number of rotatable bonds is 7. The van der Waals surface area contributed by atoms with Gasteiger partial charge in [0.05, 0.1) is 30.3 Å². The minimum absolute atomic E-state index is 0.00480. The summed E-state index contributed by atoms with van der Waals surface area (Å²) in [5.41, 5.74) is 2.24. The Bertz CT molecular complexity index is 1610. The van der Waals surface area contributed by atoms with E-state index in [0.29, 0.717) is 59.0 Å². The number of amides is 1. The van der Waals surface area contributed by atoms with Crippen molar-refractivity contribution in [3.8, 4) is 23.2 Å². The predicted octanol–water partition coefficient (Wildman–Crippen LogP) is 6.90. The molecule has 1 amide bonds. The summed E-state index contributed by atoms with van der Waals surface area (Å²) in [6, 6.07) is 7.85. The van der Waals surface area contributed by atoms with E-state index in [-0.39, 0.29) is 5.04 Å². The second-order valence-corrected chi connectivity index (χ2v) is 18.7. The average Bonchev–Trinajstić information content (AvgIpc) is 3.24. The van der Waals surface area contributed by atoms with Crippen LogP contribution in [0.25, 0.3) is 11.3 Å². The molecule has 4 rings (SSSR count). The zero-order valence-electron chi connectivity index (χ0n) is 27.6. The second kappa shape index (κ2) is 11.8. The monoisotopic (exact) mass is 617 g/mol. The molecule has 3 heterocycles.